The van der Waals surface area contributed by atoms with E-state index >= 15 is 0 Å². The van der Waals surface area contributed by atoms with Crippen LogP contribution in [0.5, 0.6) is 5.75 Å². The van der Waals surface area contributed by atoms with Crippen LogP contribution in [0.25, 0.3) is 0 Å². The van der Waals surface area contributed by atoms with Gasteiger partial charge in [-0.15, -0.1) is 11.8 Å². The average molecular weight is 302 g/mol. The van der Waals surface area contributed by atoms with Crippen LogP contribution in [0.2, 0.25) is 0 Å². The van der Waals surface area contributed by atoms with Gasteiger partial charge in [0.2, 0.25) is 0 Å². The lowest BCUT2D eigenvalue weighted by atomic mass is 10.1. The summed E-state index contributed by atoms with van der Waals surface area (Å²) in [6.45, 7) is 4.47. The van der Waals surface area contributed by atoms with Crippen LogP contribution in [0.3, 0.4) is 0 Å². The van der Waals surface area contributed by atoms with Gasteiger partial charge in [-0.25, -0.2) is 4.98 Å². The number of nitrogens with one attached hydrogen (secondary N) is 1. The van der Waals surface area contributed by atoms with Crippen LogP contribution in [0.1, 0.15) is 22.8 Å². The van der Waals surface area contributed by atoms with Crippen molar-refractivity contribution in [3.63, 3.8) is 0 Å². The topological polar surface area (TPSA) is 51.2 Å². The Morgan fingerprint density at radius 1 is 1.33 bits per heavy atom. The van der Waals surface area contributed by atoms with E-state index in [1.54, 1.807) is 24.0 Å². The summed E-state index contributed by atoms with van der Waals surface area (Å²) in [4.78, 5) is 16.4. The highest BCUT2D eigenvalue weighted by molar-refractivity contribution is 7.98. The van der Waals surface area contributed by atoms with Crippen LogP contribution in [0.4, 0.5) is 5.69 Å². The molecule has 0 saturated heterocycles. The minimum atomic E-state index is -0.153. The number of thioether (sulfide) groups is 1. The second-order valence-corrected chi connectivity index (χ2v) is 5.28. The number of ether oxygens (including phenoxy) is 1. The quantitative estimate of drug-likeness (QED) is 0.854. The zero-order valence-electron chi connectivity index (χ0n) is 12.3. The first kappa shape index (κ1) is 15.4. The Morgan fingerprint density at radius 3 is 2.71 bits per heavy atom. The SMILES string of the molecule is CCOc1ccc(C(=O)Nc2ccc(SC)nc2)cc1C. The molecule has 0 saturated carbocycles. The molecule has 0 atom stereocenters. The third kappa shape index (κ3) is 3.98. The van der Waals surface area contributed by atoms with E-state index in [1.807, 2.05) is 44.4 Å². The zero-order valence-corrected chi connectivity index (χ0v) is 13.2. The van der Waals surface area contributed by atoms with E-state index in [-0.39, 0.29) is 5.91 Å². The first-order chi connectivity index (χ1) is 10.1. The molecule has 4 nitrogen and oxygen atoms in total. The molecule has 5 heteroatoms. The van der Waals surface area contributed by atoms with Crippen LogP contribution >= 0.6 is 11.8 Å². The molecule has 0 fully saturated rings. The maximum absolute atomic E-state index is 12.2. The summed E-state index contributed by atoms with van der Waals surface area (Å²) in [6.07, 6.45) is 3.62. The van der Waals surface area contributed by atoms with E-state index in [1.165, 1.54) is 0 Å². The first-order valence-corrected chi connectivity index (χ1v) is 7.91. The second-order valence-electron chi connectivity index (χ2n) is 4.46. The van der Waals surface area contributed by atoms with Crippen molar-refractivity contribution in [2.24, 2.45) is 0 Å². The normalized spacial score (nSPS) is 10.2. The Morgan fingerprint density at radius 2 is 2.14 bits per heavy atom. The number of anilines is 1. The smallest absolute Gasteiger partial charge is 0.255 e. The van der Waals surface area contributed by atoms with Crippen LogP contribution in [-0.4, -0.2) is 23.8 Å². The Bertz CT molecular complexity index is 627. The summed E-state index contributed by atoms with van der Waals surface area (Å²) in [5.41, 5.74) is 2.23. The zero-order chi connectivity index (χ0) is 15.2. The van der Waals surface area contributed by atoms with Gasteiger partial charge in [-0.3, -0.25) is 4.79 Å². The first-order valence-electron chi connectivity index (χ1n) is 6.69. The van der Waals surface area contributed by atoms with E-state index in [2.05, 4.69) is 10.3 Å². The number of rotatable bonds is 5. The summed E-state index contributed by atoms with van der Waals surface area (Å²) in [6, 6.07) is 9.13. The number of hydrogen-bond donors (Lipinski definition) is 1. The largest absolute Gasteiger partial charge is 0.494 e. The van der Waals surface area contributed by atoms with Gasteiger partial charge in [-0.1, -0.05) is 0 Å². The third-order valence-corrected chi connectivity index (χ3v) is 3.60. The van der Waals surface area contributed by atoms with Gasteiger partial charge in [-0.05, 0) is 56.0 Å². The van der Waals surface area contributed by atoms with Gasteiger partial charge in [0, 0.05) is 5.56 Å². The molecule has 0 aliphatic rings. The molecule has 0 unspecified atom stereocenters. The van der Waals surface area contributed by atoms with Gasteiger partial charge >= 0.3 is 0 Å². The van der Waals surface area contributed by atoms with Gasteiger partial charge in [0.15, 0.2) is 0 Å². The summed E-state index contributed by atoms with van der Waals surface area (Å²) in [7, 11) is 0. The van der Waals surface area contributed by atoms with Gasteiger partial charge in [-0.2, -0.15) is 0 Å². The molecular formula is C16H18N2O2S. The lowest BCUT2D eigenvalue weighted by Crippen LogP contribution is -2.12. The van der Waals surface area contributed by atoms with Crippen molar-refractivity contribution in [1.82, 2.24) is 4.98 Å². The Labute approximate surface area is 128 Å². The molecule has 0 spiro atoms. The fraction of sp³-hybridized carbons (Fsp3) is 0.250. The Kier molecular flexibility index (Phi) is 5.22. The van der Waals surface area contributed by atoms with E-state index in [0.717, 1.165) is 16.3 Å². The monoisotopic (exact) mass is 302 g/mol. The van der Waals surface area contributed by atoms with Gasteiger partial charge < -0.3 is 10.1 Å². The molecule has 1 aromatic carbocycles. The van der Waals surface area contributed by atoms with Crippen LogP contribution in [0.15, 0.2) is 41.6 Å². The molecule has 0 bridgehead atoms. The second kappa shape index (κ2) is 7.13. The van der Waals surface area contributed by atoms with Gasteiger partial charge in [0.25, 0.3) is 5.91 Å². The van der Waals surface area contributed by atoms with Crippen molar-refractivity contribution in [3.05, 3.63) is 47.7 Å². The lowest BCUT2D eigenvalue weighted by Gasteiger charge is -2.09. The summed E-state index contributed by atoms with van der Waals surface area (Å²) in [5, 5.41) is 3.76. The highest BCUT2D eigenvalue weighted by Crippen LogP contribution is 2.20. The highest BCUT2D eigenvalue weighted by atomic mass is 32.2. The summed E-state index contributed by atoms with van der Waals surface area (Å²) >= 11 is 1.56. The van der Waals surface area contributed by atoms with Crippen molar-refractivity contribution in [3.8, 4) is 5.75 Å². The Hall–Kier alpha value is -2.01. The fourth-order valence-corrected chi connectivity index (χ4v) is 2.25. The number of nitrogens with zero attached hydrogens (tertiary/aromatic N) is 1. The molecule has 1 N–H and O–H groups in total. The number of hydrogen-bond acceptors (Lipinski definition) is 4. The van der Waals surface area contributed by atoms with Crippen LogP contribution in [-0.2, 0) is 0 Å². The average Bonchev–Trinajstić information content (AvgIpc) is 2.50. The fourth-order valence-electron chi connectivity index (χ4n) is 1.89. The molecule has 110 valence electrons. The maximum atomic E-state index is 12.2. The number of pyridine rings is 1. The number of carbonyl (C=O) groups excluding carboxylic acids is 1. The Balaban J connectivity index is 2.10. The molecule has 1 heterocycles. The third-order valence-electron chi connectivity index (χ3n) is 2.94. The number of carbonyl (C=O) groups is 1. The van der Waals surface area contributed by atoms with E-state index in [9.17, 15) is 4.79 Å². The predicted molar refractivity (Wildman–Crippen MR) is 86.3 cm³/mol. The molecular weight excluding hydrogens is 284 g/mol. The van der Waals surface area contributed by atoms with E-state index < -0.39 is 0 Å². The maximum Gasteiger partial charge on any atom is 0.255 e. The molecule has 21 heavy (non-hydrogen) atoms. The van der Waals surface area contributed by atoms with Crippen molar-refractivity contribution < 1.29 is 9.53 Å². The minimum Gasteiger partial charge on any atom is -0.494 e. The van der Waals surface area contributed by atoms with Crippen LogP contribution < -0.4 is 10.1 Å². The molecule has 2 aromatic rings. The molecule has 0 radical (unpaired) electrons. The van der Waals surface area contributed by atoms with E-state index in [4.69, 9.17) is 4.74 Å². The standard InChI is InChI=1S/C16H18N2O2S/c1-4-20-14-7-5-12(9-11(14)2)16(19)18-13-6-8-15(21-3)17-10-13/h5-10H,4H2,1-3H3,(H,18,19). The van der Waals surface area contributed by atoms with Gasteiger partial charge in [0.1, 0.15) is 5.75 Å². The van der Waals surface area contributed by atoms with Crippen molar-refractivity contribution in [2.75, 3.05) is 18.2 Å². The van der Waals surface area contributed by atoms with E-state index in [0.29, 0.717) is 17.9 Å². The van der Waals surface area contributed by atoms with Crippen molar-refractivity contribution in [2.45, 2.75) is 18.9 Å². The number of amides is 1. The van der Waals surface area contributed by atoms with Crippen LogP contribution in [0, 0.1) is 6.92 Å². The molecule has 0 aliphatic carbocycles. The molecule has 1 amide bonds. The molecule has 0 aliphatic heterocycles. The number of aryl methyl sites for hydroxylation is 1. The van der Waals surface area contributed by atoms with Crippen molar-refractivity contribution in [1.29, 1.82) is 0 Å². The van der Waals surface area contributed by atoms with Crippen molar-refractivity contribution >= 4 is 23.4 Å². The minimum absolute atomic E-state index is 0.153. The summed E-state index contributed by atoms with van der Waals surface area (Å²) in [5.74, 6) is 0.653. The molecule has 2 rings (SSSR count). The number of benzene rings is 1. The highest BCUT2D eigenvalue weighted by Gasteiger charge is 2.09. The lowest BCUT2D eigenvalue weighted by molar-refractivity contribution is 0.102. The summed E-state index contributed by atoms with van der Waals surface area (Å²) < 4.78 is 5.47. The van der Waals surface area contributed by atoms with Gasteiger partial charge in [0.05, 0.1) is 23.5 Å². The predicted octanol–water partition coefficient (Wildman–Crippen LogP) is 3.76. The molecule has 1 aromatic heterocycles. The number of aromatic nitrogens is 1.